The van der Waals surface area contributed by atoms with Gasteiger partial charge in [0.15, 0.2) is 12.7 Å². The maximum absolute atomic E-state index is 14.2. The molecule has 0 saturated heterocycles. The second-order valence-electron chi connectivity index (χ2n) is 15.2. The molecule has 382 valence electrons. The first-order valence-corrected chi connectivity index (χ1v) is 19.0. The number of aromatic nitrogens is 2. The van der Waals surface area contributed by atoms with Crippen molar-refractivity contribution in [2.24, 2.45) is 0 Å². The van der Waals surface area contributed by atoms with E-state index in [1.165, 1.54) is 10.8 Å². The van der Waals surface area contributed by atoms with Gasteiger partial charge in [-0.1, -0.05) is 78.9 Å². The van der Waals surface area contributed by atoms with Crippen molar-refractivity contribution in [3.8, 4) is 0 Å². The van der Waals surface area contributed by atoms with Crippen molar-refractivity contribution in [3.05, 3.63) is 178 Å². The lowest BCUT2D eigenvalue weighted by Crippen LogP contribution is -2.75. The molecule has 1 heterocycles. The fourth-order valence-corrected chi connectivity index (χ4v) is 7.35. The van der Waals surface area contributed by atoms with Gasteiger partial charge >= 0.3 is 55.4 Å². The van der Waals surface area contributed by atoms with Gasteiger partial charge in [0.2, 0.25) is 0 Å². The van der Waals surface area contributed by atoms with Crippen LogP contribution in [0.15, 0.2) is 122 Å². The predicted molar refractivity (Wildman–Crippen MR) is 200 cm³/mol. The Hall–Kier alpha value is -6.51. The Morgan fingerprint density at radius 1 is 0.352 bits per heavy atom. The molecule has 0 spiro atoms. The maximum Gasteiger partial charge on any atom is 0.416 e. The number of benzene rings is 5. The van der Waals surface area contributed by atoms with Crippen LogP contribution in [0.3, 0.4) is 0 Å². The molecule has 0 N–H and O–H groups in total. The number of hydrogen-bond acceptors (Lipinski definition) is 1. The number of halogens is 25. The maximum atomic E-state index is 14.2. The van der Waals surface area contributed by atoms with Crippen LogP contribution in [0.5, 0.6) is 0 Å². The summed E-state index contributed by atoms with van der Waals surface area (Å²) in [6.45, 7) is 0.537. The highest BCUT2D eigenvalue weighted by atomic mass is 19.4. The molecule has 0 saturated carbocycles. The molecule has 0 radical (unpaired) electrons. The molecule has 0 aliphatic carbocycles. The van der Waals surface area contributed by atoms with E-state index in [1.54, 1.807) is 12.4 Å². The van der Waals surface area contributed by atoms with Gasteiger partial charge in [-0.3, -0.25) is 0 Å². The van der Waals surface area contributed by atoms with Gasteiger partial charge in [-0.2, -0.15) is 132 Å². The predicted octanol–water partition coefficient (Wildman–Crippen LogP) is 12.8. The molecule has 0 unspecified atom stereocenters. The lowest BCUT2D eigenvalue weighted by Gasteiger charge is -2.46. The van der Waals surface area contributed by atoms with Crippen molar-refractivity contribution in [1.29, 1.82) is 0 Å². The first kappa shape index (κ1) is 55.4. The van der Waals surface area contributed by atoms with Crippen molar-refractivity contribution in [2.75, 3.05) is 0 Å². The first-order valence-electron chi connectivity index (χ1n) is 19.0. The van der Waals surface area contributed by atoms with Crippen molar-refractivity contribution >= 4 is 28.0 Å². The third-order valence-corrected chi connectivity index (χ3v) is 10.4. The van der Waals surface area contributed by atoms with Crippen LogP contribution in [-0.4, -0.2) is 11.1 Å². The van der Waals surface area contributed by atoms with E-state index in [1.807, 2.05) is 30.3 Å². The van der Waals surface area contributed by atoms with Crippen LogP contribution >= 0.6 is 0 Å². The summed E-state index contributed by atoms with van der Waals surface area (Å²) in [7, 11) is 0. The van der Waals surface area contributed by atoms with E-state index in [2.05, 4.69) is 4.98 Å². The molecular formula is C43H22BF25N2. The Morgan fingerprint density at radius 3 is 0.803 bits per heavy atom. The van der Waals surface area contributed by atoms with E-state index < -0.39 is 195 Å². The number of alkyl halides is 24. The summed E-state index contributed by atoms with van der Waals surface area (Å²) in [5.74, 6) is -0.323. The molecule has 0 atom stereocenters. The standard InChI is InChI=1S/C32H12BF24.C11H10FN2/c34-25(35,36)13-1-14(26(37,38)39)6-21(5-13)33(22-7-15(27(40,41)42)2-16(8-22)28(43,44)45,23-9-17(29(46,47)48)3-18(10-23)30(49,50)51)24-11-19(31(52,53)54)4-20(12-24)32(55,56)57;12-11-8-13-6-7-14(11)9-10-4-2-1-3-5-10/h1-12H;1-8H,9H2/q-1;+1. The molecule has 2 nitrogen and oxygen atoms in total. The minimum atomic E-state index is -6.13. The number of nitrogens with zero attached hydrogens (tertiary/aromatic N) is 2. The van der Waals surface area contributed by atoms with Crippen molar-refractivity contribution in [3.63, 3.8) is 0 Å². The fraction of sp³-hybridized carbons (Fsp3) is 0.209. The molecule has 0 amide bonds. The van der Waals surface area contributed by atoms with Crippen molar-refractivity contribution in [2.45, 2.75) is 56.0 Å². The second kappa shape index (κ2) is 18.9. The summed E-state index contributed by atoms with van der Waals surface area (Å²) < 4.78 is 356. The molecule has 0 aliphatic rings. The van der Waals surface area contributed by atoms with Gasteiger partial charge in [0, 0.05) is 5.56 Å². The minimum absolute atomic E-state index is 0.323. The zero-order valence-electron chi connectivity index (χ0n) is 34.2. The summed E-state index contributed by atoms with van der Waals surface area (Å²) in [6.07, 6.45) is -50.4. The van der Waals surface area contributed by atoms with Crippen LogP contribution < -0.4 is 26.4 Å². The van der Waals surface area contributed by atoms with Crippen LogP contribution in [0, 0.1) is 5.95 Å². The molecule has 0 fully saturated rings. The lowest BCUT2D eigenvalue weighted by atomic mass is 9.12. The molecule has 5 aromatic carbocycles. The highest BCUT2D eigenvalue weighted by Gasteiger charge is 2.47. The Labute approximate surface area is 380 Å². The lowest BCUT2D eigenvalue weighted by molar-refractivity contribution is -0.716. The van der Waals surface area contributed by atoms with Crippen LogP contribution in [0.25, 0.3) is 0 Å². The monoisotopic (exact) mass is 1050 g/mol. The summed E-state index contributed by atoms with van der Waals surface area (Å²) in [5.41, 5.74) is -29.1. The number of hydrogen-bond donors (Lipinski definition) is 0. The molecule has 1 aromatic heterocycles. The van der Waals surface area contributed by atoms with E-state index in [-0.39, 0.29) is 5.95 Å². The molecule has 6 aromatic rings. The van der Waals surface area contributed by atoms with Gasteiger partial charge in [0.05, 0.1) is 50.7 Å². The Morgan fingerprint density at radius 2 is 0.592 bits per heavy atom. The van der Waals surface area contributed by atoms with E-state index in [0.717, 1.165) is 5.56 Å². The summed E-state index contributed by atoms with van der Waals surface area (Å²) in [6, 6.07) is 0.940. The Kier molecular flexibility index (Phi) is 14.8. The fourth-order valence-electron chi connectivity index (χ4n) is 7.35. The van der Waals surface area contributed by atoms with E-state index in [9.17, 15) is 110 Å². The van der Waals surface area contributed by atoms with Gasteiger partial charge < -0.3 is 0 Å². The third kappa shape index (κ3) is 12.9. The molecular weight excluding hydrogens is 1030 g/mol. The average Bonchev–Trinajstić information content (AvgIpc) is 3.22. The number of rotatable bonds is 6. The van der Waals surface area contributed by atoms with Crippen molar-refractivity contribution < 1.29 is 114 Å². The van der Waals surface area contributed by atoms with Gasteiger partial charge in [-0.25, -0.2) is 4.98 Å². The summed E-state index contributed by atoms with van der Waals surface area (Å²) >= 11 is 0. The zero-order chi connectivity index (χ0) is 53.7. The Balaban J connectivity index is 0.000000569. The molecule has 6 rings (SSSR count). The Bertz CT molecular complexity index is 2410. The molecule has 28 heteroatoms. The van der Waals surface area contributed by atoms with E-state index >= 15 is 0 Å². The average molecular weight is 1050 g/mol. The van der Waals surface area contributed by atoms with Crippen LogP contribution in [0.2, 0.25) is 0 Å². The van der Waals surface area contributed by atoms with Crippen molar-refractivity contribution in [1.82, 2.24) is 4.98 Å². The highest BCUT2D eigenvalue weighted by Crippen LogP contribution is 2.41. The van der Waals surface area contributed by atoms with Crippen LogP contribution in [-0.2, 0) is 56.0 Å². The van der Waals surface area contributed by atoms with Gasteiger partial charge in [-0.15, -0.1) is 4.39 Å². The van der Waals surface area contributed by atoms with Gasteiger partial charge in [0.25, 0.3) is 0 Å². The SMILES string of the molecule is FC(F)(F)c1cc([B-](c2cc(C(F)(F)F)cc(C(F)(F)F)c2)(c2cc(C(F)(F)F)cc(C(F)(F)F)c2)c2cc(C(F)(F)F)cc(C(F)(F)F)c2)cc(C(F)(F)F)c1.Fc1cncc[n+]1Cc1ccccc1. The summed E-state index contributed by atoms with van der Waals surface area (Å²) in [5, 5.41) is 0. The van der Waals surface area contributed by atoms with E-state index in [4.69, 9.17) is 0 Å². The van der Waals surface area contributed by atoms with Gasteiger partial charge in [-0.05, 0) is 24.3 Å². The minimum Gasteiger partial charge on any atom is -0.249 e. The normalized spacial score (nSPS) is 13.5. The largest absolute Gasteiger partial charge is 0.416 e. The van der Waals surface area contributed by atoms with Crippen LogP contribution in [0.4, 0.5) is 110 Å². The zero-order valence-corrected chi connectivity index (χ0v) is 34.2. The molecule has 0 bridgehead atoms. The quantitative estimate of drug-likeness (QED) is 0.0923. The highest BCUT2D eigenvalue weighted by molar-refractivity contribution is 7.20. The molecule has 0 aliphatic heterocycles. The third-order valence-electron chi connectivity index (χ3n) is 10.4. The second-order valence-corrected chi connectivity index (χ2v) is 15.2. The van der Waals surface area contributed by atoms with Crippen LogP contribution in [0.1, 0.15) is 50.1 Å². The smallest absolute Gasteiger partial charge is 0.249 e. The molecule has 71 heavy (non-hydrogen) atoms. The topological polar surface area (TPSA) is 16.8 Å². The summed E-state index contributed by atoms with van der Waals surface area (Å²) in [4.78, 5) is 3.69. The first-order chi connectivity index (χ1) is 32.1. The van der Waals surface area contributed by atoms with Gasteiger partial charge in [0.1, 0.15) is 12.3 Å². The van der Waals surface area contributed by atoms with E-state index in [0.29, 0.717) is 6.54 Å².